The predicted octanol–water partition coefficient (Wildman–Crippen LogP) is 6.68. The van der Waals surface area contributed by atoms with Crippen LogP contribution in [0.5, 0.6) is 0 Å². The fourth-order valence-electron chi connectivity index (χ4n) is 3.91. The number of allylic oxidation sites excluding steroid dienone is 4. The minimum Gasteiger partial charge on any atom is -0.314 e. The zero-order valence-electron chi connectivity index (χ0n) is 19.3. The quantitative estimate of drug-likeness (QED) is 0.328. The second kappa shape index (κ2) is 12.2. The Morgan fingerprint density at radius 2 is 1.78 bits per heavy atom. The molecule has 1 saturated heterocycles. The highest BCUT2D eigenvalue weighted by molar-refractivity contribution is 7.99. The van der Waals surface area contributed by atoms with E-state index in [1.54, 1.807) is 4.57 Å². The fraction of sp³-hybridized carbons (Fsp3) is 0.609. The number of anilines is 1. The molecule has 1 aromatic heterocycles. The maximum atomic E-state index is 13.9. The number of alkyl halides is 3. The van der Waals surface area contributed by atoms with E-state index in [-0.39, 0.29) is 12.2 Å². The van der Waals surface area contributed by atoms with Crippen LogP contribution in [-0.4, -0.2) is 45.6 Å². The Hall–Kier alpha value is -1.38. The van der Waals surface area contributed by atoms with Gasteiger partial charge in [-0.1, -0.05) is 31.0 Å². The summed E-state index contributed by atoms with van der Waals surface area (Å²) in [5.74, 6) is 2.28. The first-order valence-electron chi connectivity index (χ1n) is 11.1. The SMILES string of the molecule is C=C.CC/C(C)=C\C(Cl)=C(/CC)N1CCCn2c1nc(C(F)(F)F)c2CN1CCSCC1. The van der Waals surface area contributed by atoms with Gasteiger partial charge in [0.2, 0.25) is 5.95 Å². The van der Waals surface area contributed by atoms with E-state index >= 15 is 0 Å². The van der Waals surface area contributed by atoms with Crippen molar-refractivity contribution in [3.8, 4) is 0 Å². The Labute approximate surface area is 199 Å². The van der Waals surface area contributed by atoms with Crippen LogP contribution in [0.4, 0.5) is 19.1 Å². The molecule has 0 aromatic carbocycles. The molecule has 0 saturated carbocycles. The van der Waals surface area contributed by atoms with Crippen LogP contribution in [0.2, 0.25) is 0 Å². The zero-order chi connectivity index (χ0) is 23.9. The molecule has 1 fully saturated rings. The number of nitrogens with zero attached hydrogens (tertiary/aromatic N) is 4. The molecular weight excluding hydrogens is 457 g/mol. The summed E-state index contributed by atoms with van der Waals surface area (Å²) < 4.78 is 43.5. The highest BCUT2D eigenvalue weighted by Gasteiger charge is 2.41. The molecule has 0 bridgehead atoms. The van der Waals surface area contributed by atoms with Crippen LogP contribution in [0.3, 0.4) is 0 Å². The number of fused-ring (bicyclic) bond motifs is 1. The molecule has 3 rings (SSSR count). The molecule has 3 heterocycles. The Morgan fingerprint density at radius 1 is 1.12 bits per heavy atom. The molecule has 0 atom stereocenters. The number of thioether (sulfide) groups is 1. The number of imidazole rings is 1. The van der Waals surface area contributed by atoms with Crippen LogP contribution in [0, 0.1) is 0 Å². The van der Waals surface area contributed by atoms with Gasteiger partial charge in [-0.05, 0) is 32.3 Å². The first-order valence-corrected chi connectivity index (χ1v) is 12.6. The Kier molecular flexibility index (Phi) is 10.2. The van der Waals surface area contributed by atoms with Gasteiger partial charge in [0.25, 0.3) is 0 Å². The van der Waals surface area contributed by atoms with E-state index in [2.05, 4.69) is 30.0 Å². The number of aromatic nitrogens is 2. The maximum absolute atomic E-state index is 13.9. The molecule has 0 aliphatic carbocycles. The monoisotopic (exact) mass is 490 g/mol. The van der Waals surface area contributed by atoms with Crippen LogP contribution in [0.1, 0.15) is 51.4 Å². The van der Waals surface area contributed by atoms with Crippen molar-refractivity contribution in [1.29, 1.82) is 0 Å². The van der Waals surface area contributed by atoms with E-state index < -0.39 is 11.9 Å². The van der Waals surface area contributed by atoms with Gasteiger partial charge in [-0.2, -0.15) is 24.9 Å². The van der Waals surface area contributed by atoms with E-state index in [1.165, 1.54) is 0 Å². The van der Waals surface area contributed by atoms with Gasteiger partial charge < -0.3 is 9.47 Å². The second-order valence-corrected chi connectivity index (χ2v) is 9.37. The average Bonchev–Trinajstić information content (AvgIpc) is 3.16. The Morgan fingerprint density at radius 3 is 2.34 bits per heavy atom. The van der Waals surface area contributed by atoms with Crippen LogP contribution in [0.15, 0.2) is 35.5 Å². The standard InChI is InChI=1S/C21H30ClF3N4S.C2H4/c1-4-15(3)13-16(22)17(5-2)28-7-6-8-29-18(14-27-9-11-30-12-10-27)19(21(23,24)25)26-20(28)29;1-2/h13H,4-12,14H2,1-3H3;1-2H2/b15-13-,17-16-;. The summed E-state index contributed by atoms with van der Waals surface area (Å²) in [4.78, 5) is 8.13. The van der Waals surface area contributed by atoms with Gasteiger partial charge in [-0.3, -0.25) is 4.90 Å². The van der Waals surface area contributed by atoms with Crippen molar-refractivity contribution < 1.29 is 13.2 Å². The summed E-state index contributed by atoms with van der Waals surface area (Å²) in [5.41, 5.74) is 1.48. The van der Waals surface area contributed by atoms with Gasteiger partial charge in [-0.15, -0.1) is 13.2 Å². The lowest BCUT2D eigenvalue weighted by molar-refractivity contribution is -0.141. The molecule has 32 heavy (non-hydrogen) atoms. The van der Waals surface area contributed by atoms with Crippen LogP contribution in [0.25, 0.3) is 0 Å². The normalized spacial score (nSPS) is 18.6. The molecule has 0 radical (unpaired) electrons. The molecule has 2 aliphatic heterocycles. The van der Waals surface area contributed by atoms with E-state index in [1.807, 2.05) is 36.6 Å². The number of hydrogen-bond donors (Lipinski definition) is 0. The van der Waals surface area contributed by atoms with Gasteiger partial charge in [0.05, 0.1) is 10.7 Å². The van der Waals surface area contributed by atoms with Crippen molar-refractivity contribution >= 4 is 29.3 Å². The lowest BCUT2D eigenvalue weighted by Gasteiger charge is -2.33. The highest BCUT2D eigenvalue weighted by Crippen LogP contribution is 2.38. The minimum absolute atomic E-state index is 0.279. The summed E-state index contributed by atoms with van der Waals surface area (Å²) in [7, 11) is 0. The van der Waals surface area contributed by atoms with E-state index in [4.69, 9.17) is 11.6 Å². The maximum Gasteiger partial charge on any atom is 0.435 e. The van der Waals surface area contributed by atoms with E-state index in [0.29, 0.717) is 30.5 Å². The van der Waals surface area contributed by atoms with E-state index in [0.717, 1.165) is 48.7 Å². The molecule has 9 heteroatoms. The highest BCUT2D eigenvalue weighted by atomic mass is 35.5. The largest absolute Gasteiger partial charge is 0.435 e. The average molecular weight is 491 g/mol. The molecule has 0 N–H and O–H groups in total. The number of halogens is 4. The third-order valence-corrected chi connectivity index (χ3v) is 6.94. The lowest BCUT2D eigenvalue weighted by atomic mass is 10.1. The smallest absolute Gasteiger partial charge is 0.314 e. The third kappa shape index (κ3) is 6.35. The van der Waals surface area contributed by atoms with Gasteiger partial charge >= 0.3 is 6.18 Å². The summed E-state index contributed by atoms with van der Waals surface area (Å²) >= 11 is 8.45. The van der Waals surface area contributed by atoms with Crippen LogP contribution in [-0.2, 0) is 19.3 Å². The van der Waals surface area contributed by atoms with Gasteiger partial charge in [0.15, 0.2) is 5.69 Å². The van der Waals surface area contributed by atoms with Gasteiger partial charge in [-0.25, -0.2) is 4.98 Å². The zero-order valence-corrected chi connectivity index (χ0v) is 20.8. The molecule has 4 nitrogen and oxygen atoms in total. The van der Waals surface area contributed by atoms with Crippen molar-refractivity contribution in [2.75, 3.05) is 36.0 Å². The second-order valence-electron chi connectivity index (χ2n) is 7.74. The van der Waals surface area contributed by atoms with E-state index in [9.17, 15) is 13.2 Å². The lowest BCUT2D eigenvalue weighted by Crippen LogP contribution is -2.35. The molecule has 1 aromatic rings. The number of hydrogen-bond acceptors (Lipinski definition) is 4. The van der Waals surface area contributed by atoms with Crippen molar-refractivity contribution in [2.24, 2.45) is 0 Å². The molecule has 0 spiro atoms. The fourth-order valence-corrected chi connectivity index (χ4v) is 5.31. The first kappa shape index (κ1) is 26.9. The van der Waals surface area contributed by atoms with Crippen LogP contribution >= 0.6 is 23.4 Å². The van der Waals surface area contributed by atoms with Crippen LogP contribution < -0.4 is 4.90 Å². The molecule has 180 valence electrons. The summed E-state index contributed by atoms with van der Waals surface area (Å²) in [6.07, 6.45) is -0.307. The van der Waals surface area contributed by atoms with Crippen molar-refractivity contribution in [1.82, 2.24) is 14.5 Å². The molecule has 2 aliphatic rings. The molecule has 0 unspecified atom stereocenters. The molecule has 0 amide bonds. The summed E-state index contributed by atoms with van der Waals surface area (Å²) in [5, 5.41) is 0.580. The van der Waals surface area contributed by atoms with Crippen molar-refractivity contribution in [3.63, 3.8) is 0 Å². The Bertz CT molecular complexity index is 826. The van der Waals surface area contributed by atoms with Crippen molar-refractivity contribution in [3.05, 3.63) is 46.9 Å². The third-order valence-electron chi connectivity index (χ3n) is 5.67. The Balaban J connectivity index is 0.00000176. The topological polar surface area (TPSA) is 24.3 Å². The minimum atomic E-state index is -4.48. The van der Waals surface area contributed by atoms with Crippen molar-refractivity contribution in [2.45, 2.75) is 59.3 Å². The summed E-state index contributed by atoms with van der Waals surface area (Å²) in [6, 6.07) is 0. The predicted molar refractivity (Wildman–Crippen MR) is 130 cm³/mol. The van der Waals surface area contributed by atoms with Gasteiger partial charge in [0.1, 0.15) is 0 Å². The summed E-state index contributed by atoms with van der Waals surface area (Å²) in [6.45, 7) is 15.1. The molecular formula is C23H34ClF3N4S. The number of rotatable bonds is 6. The van der Waals surface area contributed by atoms with Gasteiger partial charge in [0, 0.05) is 49.9 Å². The first-order chi connectivity index (χ1) is 15.3.